The Morgan fingerprint density at radius 2 is 2.31 bits per heavy atom. The zero-order valence-electron chi connectivity index (χ0n) is 8.05. The normalized spacial score (nSPS) is 21.2. The standard InChI is InChI=1S/C9H8BrNO5/c10-6-1-2-8(16-6)11-3-5(9(13)14)15-4-7(11)12/h1-2,5H,3-4H2,(H,13,14). The van der Waals surface area contributed by atoms with Crippen LogP contribution in [0.5, 0.6) is 0 Å². The molecule has 1 N–H and O–H groups in total. The number of anilines is 1. The van der Waals surface area contributed by atoms with Crippen LogP contribution in [0.3, 0.4) is 0 Å². The van der Waals surface area contributed by atoms with Gasteiger partial charge < -0.3 is 14.3 Å². The second-order valence-corrected chi connectivity index (χ2v) is 4.00. The average Bonchev–Trinajstić information content (AvgIpc) is 2.65. The molecule has 1 aromatic heterocycles. The van der Waals surface area contributed by atoms with Gasteiger partial charge in [0, 0.05) is 6.07 Å². The Morgan fingerprint density at radius 1 is 1.56 bits per heavy atom. The zero-order valence-corrected chi connectivity index (χ0v) is 9.64. The average molecular weight is 290 g/mol. The molecule has 0 aromatic carbocycles. The monoisotopic (exact) mass is 289 g/mol. The highest BCUT2D eigenvalue weighted by molar-refractivity contribution is 9.10. The van der Waals surface area contributed by atoms with Crippen molar-refractivity contribution in [3.63, 3.8) is 0 Å². The largest absolute Gasteiger partial charge is 0.479 e. The maximum absolute atomic E-state index is 11.5. The fraction of sp³-hybridized carbons (Fsp3) is 0.333. The molecule has 1 atom stereocenters. The van der Waals surface area contributed by atoms with Gasteiger partial charge in [-0.15, -0.1) is 0 Å². The lowest BCUT2D eigenvalue weighted by molar-refractivity contribution is -0.154. The van der Waals surface area contributed by atoms with Crippen molar-refractivity contribution in [2.75, 3.05) is 18.1 Å². The van der Waals surface area contributed by atoms with E-state index in [2.05, 4.69) is 15.9 Å². The molecule has 1 fully saturated rings. The number of hydrogen-bond acceptors (Lipinski definition) is 4. The Kier molecular flexibility index (Phi) is 2.97. The van der Waals surface area contributed by atoms with E-state index in [1.807, 2.05) is 0 Å². The summed E-state index contributed by atoms with van der Waals surface area (Å²) in [5.74, 6) is -1.10. The Balaban J connectivity index is 2.19. The lowest BCUT2D eigenvalue weighted by Crippen LogP contribution is -2.49. The molecule has 7 heteroatoms. The number of aliphatic carboxylic acids is 1. The van der Waals surface area contributed by atoms with E-state index in [0.29, 0.717) is 10.6 Å². The summed E-state index contributed by atoms with van der Waals surface area (Å²) >= 11 is 3.11. The van der Waals surface area contributed by atoms with Crippen LogP contribution in [0.2, 0.25) is 0 Å². The van der Waals surface area contributed by atoms with Crippen LogP contribution in [0.1, 0.15) is 0 Å². The number of nitrogens with zero attached hydrogens (tertiary/aromatic N) is 1. The van der Waals surface area contributed by atoms with E-state index in [1.165, 1.54) is 4.90 Å². The molecule has 0 bridgehead atoms. The SMILES string of the molecule is O=C(O)C1CN(c2ccc(Br)o2)C(=O)CO1. The van der Waals surface area contributed by atoms with Gasteiger partial charge in [0.05, 0.1) is 6.54 Å². The van der Waals surface area contributed by atoms with Gasteiger partial charge in [0.25, 0.3) is 5.91 Å². The van der Waals surface area contributed by atoms with Crippen LogP contribution in [0.25, 0.3) is 0 Å². The smallest absolute Gasteiger partial charge is 0.334 e. The van der Waals surface area contributed by atoms with Crippen LogP contribution in [0.15, 0.2) is 21.2 Å². The van der Waals surface area contributed by atoms with Crippen LogP contribution >= 0.6 is 15.9 Å². The third-order valence-electron chi connectivity index (χ3n) is 2.16. The van der Waals surface area contributed by atoms with Crippen molar-refractivity contribution in [3.8, 4) is 0 Å². The minimum atomic E-state index is -1.09. The van der Waals surface area contributed by atoms with Gasteiger partial charge in [0.1, 0.15) is 6.61 Å². The summed E-state index contributed by atoms with van der Waals surface area (Å²) in [7, 11) is 0. The molecule has 2 heterocycles. The Bertz CT molecular complexity index is 429. The fourth-order valence-electron chi connectivity index (χ4n) is 1.38. The van der Waals surface area contributed by atoms with Crippen molar-refractivity contribution in [1.29, 1.82) is 0 Å². The minimum absolute atomic E-state index is 0.0475. The maximum Gasteiger partial charge on any atom is 0.334 e. The van der Waals surface area contributed by atoms with E-state index < -0.39 is 12.1 Å². The van der Waals surface area contributed by atoms with E-state index in [-0.39, 0.29) is 19.1 Å². The molecule has 1 aliphatic heterocycles. The number of rotatable bonds is 2. The van der Waals surface area contributed by atoms with Gasteiger partial charge in [-0.2, -0.15) is 0 Å². The summed E-state index contributed by atoms with van der Waals surface area (Å²) in [4.78, 5) is 23.5. The van der Waals surface area contributed by atoms with E-state index in [0.717, 1.165) is 0 Å². The van der Waals surface area contributed by atoms with Crippen LogP contribution in [-0.4, -0.2) is 36.2 Å². The van der Waals surface area contributed by atoms with Crippen LogP contribution in [0.4, 0.5) is 5.88 Å². The molecule has 0 spiro atoms. The summed E-state index contributed by atoms with van der Waals surface area (Å²) in [5.41, 5.74) is 0. The van der Waals surface area contributed by atoms with Crippen molar-refractivity contribution in [2.24, 2.45) is 0 Å². The Hall–Kier alpha value is -1.34. The molecule has 1 aliphatic rings. The molecular formula is C9H8BrNO5. The molecule has 0 aliphatic carbocycles. The molecule has 1 unspecified atom stereocenters. The van der Waals surface area contributed by atoms with Gasteiger partial charge >= 0.3 is 5.97 Å². The van der Waals surface area contributed by atoms with E-state index in [9.17, 15) is 9.59 Å². The molecule has 1 saturated heterocycles. The number of carboxylic acids is 1. The van der Waals surface area contributed by atoms with Crippen molar-refractivity contribution in [1.82, 2.24) is 0 Å². The fourth-order valence-corrected chi connectivity index (χ4v) is 1.68. The molecule has 1 aromatic rings. The molecule has 0 radical (unpaired) electrons. The molecule has 1 amide bonds. The van der Waals surface area contributed by atoms with E-state index in [4.69, 9.17) is 14.3 Å². The van der Waals surface area contributed by atoms with Gasteiger partial charge in [-0.3, -0.25) is 9.69 Å². The van der Waals surface area contributed by atoms with Gasteiger partial charge in [-0.25, -0.2) is 4.79 Å². The lowest BCUT2D eigenvalue weighted by atomic mass is 10.2. The second kappa shape index (κ2) is 4.26. The number of ether oxygens (including phenoxy) is 1. The molecule has 2 rings (SSSR count). The predicted octanol–water partition coefficient (Wildman–Crippen LogP) is 0.859. The molecule has 86 valence electrons. The predicted molar refractivity (Wildman–Crippen MR) is 56.1 cm³/mol. The highest BCUT2D eigenvalue weighted by Gasteiger charge is 2.33. The van der Waals surface area contributed by atoms with Gasteiger partial charge in [0.2, 0.25) is 5.88 Å². The first-order valence-corrected chi connectivity index (χ1v) is 5.27. The van der Waals surface area contributed by atoms with Crippen molar-refractivity contribution >= 4 is 33.7 Å². The van der Waals surface area contributed by atoms with Crippen LogP contribution < -0.4 is 4.90 Å². The third-order valence-corrected chi connectivity index (χ3v) is 2.58. The maximum atomic E-state index is 11.5. The number of halogens is 1. The second-order valence-electron chi connectivity index (χ2n) is 3.22. The number of carbonyl (C=O) groups is 2. The molecule has 0 saturated carbocycles. The van der Waals surface area contributed by atoms with Crippen molar-refractivity contribution < 1.29 is 23.8 Å². The lowest BCUT2D eigenvalue weighted by Gasteiger charge is -2.28. The third kappa shape index (κ3) is 2.10. The molecule has 16 heavy (non-hydrogen) atoms. The van der Waals surface area contributed by atoms with Gasteiger partial charge in [-0.1, -0.05) is 0 Å². The molecular weight excluding hydrogens is 282 g/mol. The number of carbonyl (C=O) groups excluding carboxylic acids is 1. The highest BCUT2D eigenvalue weighted by Crippen LogP contribution is 2.24. The summed E-state index contributed by atoms with van der Waals surface area (Å²) < 4.78 is 10.5. The summed E-state index contributed by atoms with van der Waals surface area (Å²) in [6.07, 6.45) is -1.01. The first kappa shape index (κ1) is 11.2. The number of hydrogen-bond donors (Lipinski definition) is 1. The minimum Gasteiger partial charge on any atom is -0.479 e. The summed E-state index contributed by atoms with van der Waals surface area (Å²) in [6, 6.07) is 3.22. The van der Waals surface area contributed by atoms with Crippen molar-refractivity contribution in [3.05, 3.63) is 16.8 Å². The number of furan rings is 1. The Morgan fingerprint density at radius 3 is 2.88 bits per heavy atom. The van der Waals surface area contributed by atoms with Crippen molar-refractivity contribution in [2.45, 2.75) is 6.10 Å². The first-order valence-electron chi connectivity index (χ1n) is 4.48. The van der Waals surface area contributed by atoms with Gasteiger partial charge in [-0.05, 0) is 22.0 Å². The summed E-state index contributed by atoms with van der Waals surface area (Å²) in [6.45, 7) is -0.302. The topological polar surface area (TPSA) is 80.0 Å². The number of carboxylic acid groups (broad SMARTS) is 1. The van der Waals surface area contributed by atoms with E-state index >= 15 is 0 Å². The zero-order chi connectivity index (χ0) is 11.7. The molecule has 6 nitrogen and oxygen atoms in total. The summed E-state index contributed by atoms with van der Waals surface area (Å²) in [5, 5.41) is 8.79. The quantitative estimate of drug-likeness (QED) is 0.873. The van der Waals surface area contributed by atoms with Crippen LogP contribution in [-0.2, 0) is 14.3 Å². The van der Waals surface area contributed by atoms with Gasteiger partial charge in [0.15, 0.2) is 10.8 Å². The van der Waals surface area contributed by atoms with E-state index in [1.54, 1.807) is 12.1 Å². The Labute approximate surface area is 98.9 Å². The highest BCUT2D eigenvalue weighted by atomic mass is 79.9. The first-order chi connectivity index (χ1) is 7.58. The van der Waals surface area contributed by atoms with Crippen LogP contribution in [0, 0.1) is 0 Å². The number of morpholine rings is 1. The number of amides is 1.